The molecule has 6 nitrogen and oxygen atoms in total. The number of carboxylic acid groups (broad SMARTS) is 1. The van der Waals surface area contributed by atoms with Gasteiger partial charge in [-0.2, -0.15) is 5.10 Å². The Morgan fingerprint density at radius 2 is 2.00 bits per heavy atom. The quantitative estimate of drug-likeness (QED) is 0.864. The van der Waals surface area contributed by atoms with E-state index in [4.69, 9.17) is 5.11 Å². The lowest BCUT2D eigenvalue weighted by Gasteiger charge is -2.25. The lowest BCUT2D eigenvalue weighted by molar-refractivity contribution is -0.137. The number of nitrogens with zero attached hydrogens (tertiary/aromatic N) is 3. The van der Waals surface area contributed by atoms with Crippen LogP contribution in [0.3, 0.4) is 0 Å². The number of amides is 1. The maximum atomic E-state index is 13.1. The number of rotatable bonds is 6. The van der Waals surface area contributed by atoms with Gasteiger partial charge in [0.05, 0.1) is 12.1 Å². The summed E-state index contributed by atoms with van der Waals surface area (Å²) in [4.78, 5) is 25.7. The van der Waals surface area contributed by atoms with E-state index in [0.717, 1.165) is 41.8 Å². The van der Waals surface area contributed by atoms with E-state index in [2.05, 4.69) is 5.10 Å². The molecule has 1 aliphatic carbocycles. The molecule has 1 aromatic carbocycles. The molecule has 0 radical (unpaired) electrons. The Kier molecular flexibility index (Phi) is 5.11. The second kappa shape index (κ2) is 7.32. The zero-order valence-electron chi connectivity index (χ0n) is 15.5. The van der Waals surface area contributed by atoms with Crippen molar-refractivity contribution in [2.75, 3.05) is 6.54 Å². The molecule has 0 saturated carbocycles. The highest BCUT2D eigenvalue weighted by Gasteiger charge is 2.30. The van der Waals surface area contributed by atoms with Crippen molar-refractivity contribution in [1.29, 1.82) is 0 Å². The predicted octanol–water partition coefficient (Wildman–Crippen LogP) is 2.99. The first-order valence-electron chi connectivity index (χ1n) is 9.09. The number of hydrogen-bond acceptors (Lipinski definition) is 3. The van der Waals surface area contributed by atoms with Crippen molar-refractivity contribution in [2.24, 2.45) is 0 Å². The first kappa shape index (κ1) is 18.2. The molecule has 1 N–H and O–H groups in total. The molecule has 1 aromatic heterocycles. The average Bonchev–Trinajstić information content (AvgIpc) is 3.17. The van der Waals surface area contributed by atoms with Crippen molar-refractivity contribution in [1.82, 2.24) is 14.7 Å². The fourth-order valence-electron chi connectivity index (χ4n) is 3.56. The molecule has 0 aliphatic heterocycles. The van der Waals surface area contributed by atoms with Crippen molar-refractivity contribution >= 4 is 11.9 Å². The third kappa shape index (κ3) is 3.36. The van der Waals surface area contributed by atoms with Crippen LogP contribution in [0.15, 0.2) is 24.3 Å². The highest BCUT2D eigenvalue weighted by Crippen LogP contribution is 2.29. The normalized spacial score (nSPS) is 13.1. The molecule has 0 fully saturated rings. The fraction of sp³-hybridized carbons (Fsp3) is 0.450. The Bertz CT molecular complexity index is 839. The molecule has 1 amide bonds. The molecular formula is C20H25N3O3. The maximum absolute atomic E-state index is 13.1. The molecule has 138 valence electrons. The Morgan fingerprint density at radius 3 is 2.65 bits per heavy atom. The minimum Gasteiger partial charge on any atom is -0.481 e. The number of benzene rings is 1. The maximum Gasteiger partial charge on any atom is 0.305 e. The summed E-state index contributed by atoms with van der Waals surface area (Å²) in [6.45, 7) is 6.03. The van der Waals surface area contributed by atoms with Crippen LogP contribution in [0.4, 0.5) is 0 Å². The van der Waals surface area contributed by atoms with Gasteiger partial charge in [0.15, 0.2) is 5.69 Å². The van der Waals surface area contributed by atoms with E-state index in [1.165, 1.54) is 0 Å². The Hall–Kier alpha value is -2.63. The topological polar surface area (TPSA) is 75.4 Å². The van der Waals surface area contributed by atoms with E-state index < -0.39 is 5.97 Å². The summed E-state index contributed by atoms with van der Waals surface area (Å²) in [6, 6.07) is 7.93. The summed E-state index contributed by atoms with van der Waals surface area (Å²) < 4.78 is 1.90. The van der Waals surface area contributed by atoms with Gasteiger partial charge in [-0.05, 0) is 51.7 Å². The zero-order valence-corrected chi connectivity index (χ0v) is 15.5. The summed E-state index contributed by atoms with van der Waals surface area (Å²) in [5, 5.41) is 13.6. The Labute approximate surface area is 153 Å². The standard InChI is InChI=1S/C20H25N3O3/c1-13(2)22(12-11-18(24)25)20(26)19-15-8-6-10-17(15)23(21-19)16-9-5-4-7-14(16)3/h4-5,7,9,13H,6,8,10-12H2,1-3H3,(H,24,25). The minimum absolute atomic E-state index is 0.0649. The summed E-state index contributed by atoms with van der Waals surface area (Å²) in [6.07, 6.45) is 2.69. The van der Waals surface area contributed by atoms with Gasteiger partial charge < -0.3 is 10.0 Å². The summed E-state index contributed by atoms with van der Waals surface area (Å²) in [5.74, 6) is -1.08. The van der Waals surface area contributed by atoms with Crippen LogP contribution in [-0.2, 0) is 17.6 Å². The van der Waals surface area contributed by atoms with Gasteiger partial charge in [0.1, 0.15) is 0 Å². The molecule has 0 bridgehead atoms. The van der Waals surface area contributed by atoms with Gasteiger partial charge in [-0.25, -0.2) is 4.68 Å². The van der Waals surface area contributed by atoms with Crippen molar-refractivity contribution in [2.45, 2.75) is 52.5 Å². The van der Waals surface area contributed by atoms with Crippen LogP contribution in [-0.4, -0.2) is 44.3 Å². The summed E-state index contributed by atoms with van der Waals surface area (Å²) in [5.41, 5.74) is 4.69. The van der Waals surface area contributed by atoms with Crippen LogP contribution in [0.2, 0.25) is 0 Å². The van der Waals surface area contributed by atoms with E-state index in [1.54, 1.807) is 4.90 Å². The second-order valence-corrected chi connectivity index (χ2v) is 7.06. The largest absolute Gasteiger partial charge is 0.481 e. The van der Waals surface area contributed by atoms with E-state index in [1.807, 2.05) is 49.7 Å². The number of fused-ring (bicyclic) bond motifs is 1. The third-order valence-corrected chi connectivity index (χ3v) is 4.93. The summed E-state index contributed by atoms with van der Waals surface area (Å²) >= 11 is 0. The third-order valence-electron chi connectivity index (χ3n) is 4.93. The van der Waals surface area contributed by atoms with Gasteiger partial charge in [0.25, 0.3) is 5.91 Å². The van der Waals surface area contributed by atoms with E-state index in [-0.39, 0.29) is 24.9 Å². The zero-order chi connectivity index (χ0) is 18.8. The van der Waals surface area contributed by atoms with Gasteiger partial charge in [-0.15, -0.1) is 0 Å². The highest BCUT2D eigenvalue weighted by atomic mass is 16.4. The molecule has 0 atom stereocenters. The van der Waals surface area contributed by atoms with Crippen LogP contribution < -0.4 is 0 Å². The average molecular weight is 355 g/mol. The number of para-hydroxylation sites is 1. The monoisotopic (exact) mass is 355 g/mol. The van der Waals surface area contributed by atoms with Crippen molar-refractivity contribution in [3.05, 3.63) is 46.8 Å². The van der Waals surface area contributed by atoms with Crippen LogP contribution in [0.5, 0.6) is 0 Å². The molecule has 0 spiro atoms. The number of carbonyl (C=O) groups excluding carboxylic acids is 1. The van der Waals surface area contributed by atoms with Crippen molar-refractivity contribution < 1.29 is 14.7 Å². The predicted molar refractivity (Wildman–Crippen MR) is 98.8 cm³/mol. The van der Waals surface area contributed by atoms with Crippen LogP contribution in [0, 0.1) is 6.92 Å². The highest BCUT2D eigenvalue weighted by molar-refractivity contribution is 5.94. The minimum atomic E-state index is -0.904. The molecule has 1 heterocycles. The number of carbonyl (C=O) groups is 2. The number of aliphatic carboxylic acids is 1. The molecule has 0 saturated heterocycles. The Balaban J connectivity index is 2.00. The smallest absolute Gasteiger partial charge is 0.305 e. The van der Waals surface area contributed by atoms with Crippen LogP contribution in [0.25, 0.3) is 5.69 Å². The molecule has 6 heteroatoms. The van der Waals surface area contributed by atoms with Gasteiger partial charge in [0, 0.05) is 23.8 Å². The van der Waals surface area contributed by atoms with Crippen molar-refractivity contribution in [3.8, 4) is 5.69 Å². The van der Waals surface area contributed by atoms with E-state index in [0.29, 0.717) is 5.69 Å². The lowest BCUT2D eigenvalue weighted by atomic mass is 10.1. The molecule has 3 rings (SSSR count). The first-order valence-corrected chi connectivity index (χ1v) is 9.09. The van der Waals surface area contributed by atoms with Crippen molar-refractivity contribution in [3.63, 3.8) is 0 Å². The number of carboxylic acids is 1. The SMILES string of the molecule is Cc1ccccc1-n1nc(C(=O)N(CCC(=O)O)C(C)C)c2c1CCC2. The fourth-order valence-corrected chi connectivity index (χ4v) is 3.56. The van der Waals surface area contributed by atoms with Crippen LogP contribution in [0.1, 0.15) is 54.0 Å². The van der Waals surface area contributed by atoms with Gasteiger partial charge in [-0.1, -0.05) is 18.2 Å². The number of aryl methyl sites for hydroxylation is 1. The Morgan fingerprint density at radius 1 is 1.27 bits per heavy atom. The molecule has 2 aromatic rings. The van der Waals surface area contributed by atoms with Gasteiger partial charge in [0.2, 0.25) is 0 Å². The number of hydrogen-bond donors (Lipinski definition) is 1. The van der Waals surface area contributed by atoms with Gasteiger partial charge >= 0.3 is 5.97 Å². The van der Waals surface area contributed by atoms with E-state index >= 15 is 0 Å². The molecule has 1 aliphatic rings. The summed E-state index contributed by atoms with van der Waals surface area (Å²) in [7, 11) is 0. The van der Waals surface area contributed by atoms with E-state index in [9.17, 15) is 9.59 Å². The molecule has 0 unspecified atom stereocenters. The molecule has 26 heavy (non-hydrogen) atoms. The first-order chi connectivity index (χ1) is 12.4. The second-order valence-electron chi connectivity index (χ2n) is 7.06. The van der Waals surface area contributed by atoms with Crippen LogP contribution >= 0.6 is 0 Å². The van der Waals surface area contributed by atoms with Gasteiger partial charge in [-0.3, -0.25) is 9.59 Å². The lowest BCUT2D eigenvalue weighted by Crippen LogP contribution is -2.39. The number of aromatic nitrogens is 2. The molecular weight excluding hydrogens is 330 g/mol.